The molecule has 1 fully saturated rings. The van der Waals surface area contributed by atoms with Crippen LogP contribution < -0.4 is 5.32 Å². The molecule has 2 aromatic rings. The van der Waals surface area contributed by atoms with Crippen molar-refractivity contribution >= 4 is 11.6 Å². The Bertz CT molecular complexity index is 691. The third-order valence-corrected chi connectivity index (χ3v) is 4.65. The number of rotatable bonds is 5. The van der Waals surface area contributed by atoms with E-state index in [2.05, 4.69) is 10.2 Å². The highest BCUT2D eigenvalue weighted by Gasteiger charge is 2.31. The van der Waals surface area contributed by atoms with Crippen molar-refractivity contribution in [2.45, 2.75) is 18.9 Å². The third-order valence-electron chi connectivity index (χ3n) is 4.65. The number of anilines is 1. The second kappa shape index (κ2) is 8.23. The van der Waals surface area contributed by atoms with Gasteiger partial charge in [0.25, 0.3) is 0 Å². The van der Waals surface area contributed by atoms with Gasteiger partial charge < -0.3 is 10.4 Å². The maximum atomic E-state index is 13.1. The Morgan fingerprint density at radius 3 is 2.60 bits per heavy atom. The SMILES string of the molecule is O=C(Nc1ccc(F)cc1)C(c1ccccc1)N1CCCC(CO)C1. The molecule has 5 heteroatoms. The smallest absolute Gasteiger partial charge is 0.246 e. The number of benzene rings is 2. The Balaban J connectivity index is 1.83. The quantitative estimate of drug-likeness (QED) is 0.877. The van der Waals surface area contributed by atoms with Crippen molar-refractivity contribution in [3.8, 4) is 0 Å². The normalized spacial score (nSPS) is 19.4. The molecule has 2 atom stereocenters. The van der Waals surface area contributed by atoms with E-state index in [-0.39, 0.29) is 24.2 Å². The number of carbonyl (C=O) groups excluding carboxylic acids is 1. The molecule has 2 unspecified atom stereocenters. The maximum Gasteiger partial charge on any atom is 0.246 e. The molecule has 0 bridgehead atoms. The standard InChI is InChI=1S/C20H23FN2O2/c21-17-8-10-18(11-9-17)22-20(25)19(16-6-2-1-3-7-16)23-12-4-5-15(13-23)14-24/h1-3,6-11,15,19,24H,4-5,12-14H2,(H,22,25). The van der Waals surface area contributed by atoms with Crippen molar-refractivity contribution in [2.75, 3.05) is 25.0 Å². The number of aliphatic hydroxyl groups excluding tert-OH is 1. The van der Waals surface area contributed by atoms with Crippen LogP contribution in [0.5, 0.6) is 0 Å². The second-order valence-electron chi connectivity index (χ2n) is 6.50. The van der Waals surface area contributed by atoms with E-state index in [9.17, 15) is 14.3 Å². The molecule has 2 N–H and O–H groups in total. The van der Waals surface area contributed by atoms with Crippen LogP contribution in [0.4, 0.5) is 10.1 Å². The summed E-state index contributed by atoms with van der Waals surface area (Å²) in [5, 5.41) is 12.4. The minimum absolute atomic E-state index is 0.136. The van der Waals surface area contributed by atoms with Crippen molar-refractivity contribution < 1.29 is 14.3 Å². The zero-order valence-corrected chi connectivity index (χ0v) is 14.1. The zero-order chi connectivity index (χ0) is 17.6. The molecule has 1 aliphatic heterocycles. The second-order valence-corrected chi connectivity index (χ2v) is 6.50. The van der Waals surface area contributed by atoms with Crippen molar-refractivity contribution in [3.05, 3.63) is 66.0 Å². The number of nitrogens with zero attached hydrogens (tertiary/aromatic N) is 1. The fourth-order valence-corrected chi connectivity index (χ4v) is 3.39. The highest BCUT2D eigenvalue weighted by molar-refractivity contribution is 5.95. The number of halogens is 1. The number of likely N-dealkylation sites (tertiary alicyclic amines) is 1. The molecule has 1 saturated heterocycles. The largest absolute Gasteiger partial charge is 0.396 e. The number of hydrogen-bond acceptors (Lipinski definition) is 3. The van der Waals surface area contributed by atoms with E-state index in [1.54, 1.807) is 12.1 Å². The van der Waals surface area contributed by atoms with Crippen LogP contribution in [0.1, 0.15) is 24.4 Å². The van der Waals surface area contributed by atoms with Gasteiger partial charge in [-0.05, 0) is 55.1 Å². The van der Waals surface area contributed by atoms with E-state index < -0.39 is 6.04 Å². The zero-order valence-electron chi connectivity index (χ0n) is 14.1. The molecule has 132 valence electrons. The summed E-state index contributed by atoms with van der Waals surface area (Å²) in [6.07, 6.45) is 1.94. The summed E-state index contributed by atoms with van der Waals surface area (Å²) in [5.41, 5.74) is 1.49. The molecule has 1 aliphatic rings. The molecular formula is C20H23FN2O2. The van der Waals surface area contributed by atoms with Gasteiger partial charge >= 0.3 is 0 Å². The van der Waals surface area contributed by atoms with E-state index in [4.69, 9.17) is 0 Å². The Labute approximate surface area is 147 Å². The first kappa shape index (κ1) is 17.6. The van der Waals surface area contributed by atoms with Gasteiger partial charge in [-0.2, -0.15) is 0 Å². The van der Waals surface area contributed by atoms with E-state index in [0.29, 0.717) is 12.2 Å². The van der Waals surface area contributed by atoms with Crippen LogP contribution in [0.3, 0.4) is 0 Å². The summed E-state index contributed by atoms with van der Waals surface area (Å²) in [4.78, 5) is 15.1. The lowest BCUT2D eigenvalue weighted by Gasteiger charge is -2.37. The Morgan fingerprint density at radius 2 is 1.92 bits per heavy atom. The first-order valence-corrected chi connectivity index (χ1v) is 8.63. The van der Waals surface area contributed by atoms with Crippen molar-refractivity contribution in [3.63, 3.8) is 0 Å². The van der Waals surface area contributed by atoms with E-state index in [1.165, 1.54) is 12.1 Å². The highest BCUT2D eigenvalue weighted by Crippen LogP contribution is 2.28. The highest BCUT2D eigenvalue weighted by atomic mass is 19.1. The summed E-state index contributed by atoms with van der Waals surface area (Å²) in [6, 6.07) is 15.0. The van der Waals surface area contributed by atoms with Crippen molar-refractivity contribution in [1.82, 2.24) is 4.90 Å². The summed E-state index contributed by atoms with van der Waals surface area (Å²) >= 11 is 0. The number of amides is 1. The average molecular weight is 342 g/mol. The molecule has 25 heavy (non-hydrogen) atoms. The van der Waals surface area contributed by atoms with Crippen LogP contribution in [0, 0.1) is 11.7 Å². The summed E-state index contributed by atoms with van der Waals surface area (Å²) < 4.78 is 13.1. The Morgan fingerprint density at radius 1 is 1.20 bits per heavy atom. The van der Waals surface area contributed by atoms with Crippen LogP contribution >= 0.6 is 0 Å². The number of nitrogens with one attached hydrogen (secondary N) is 1. The van der Waals surface area contributed by atoms with Gasteiger partial charge in [0.1, 0.15) is 11.9 Å². The van der Waals surface area contributed by atoms with Gasteiger partial charge in [0.05, 0.1) is 0 Å². The predicted molar refractivity (Wildman–Crippen MR) is 95.6 cm³/mol. The monoisotopic (exact) mass is 342 g/mol. The molecule has 0 saturated carbocycles. The molecule has 3 rings (SSSR count). The van der Waals surface area contributed by atoms with Crippen molar-refractivity contribution in [2.24, 2.45) is 5.92 Å². The first-order chi connectivity index (χ1) is 12.2. The molecule has 0 aromatic heterocycles. The van der Waals surface area contributed by atoms with Gasteiger partial charge in [0.2, 0.25) is 5.91 Å². The molecule has 4 nitrogen and oxygen atoms in total. The Kier molecular flexibility index (Phi) is 5.79. The first-order valence-electron chi connectivity index (χ1n) is 8.63. The van der Waals surface area contributed by atoms with Crippen LogP contribution in [0.2, 0.25) is 0 Å². The fraction of sp³-hybridized carbons (Fsp3) is 0.350. The molecule has 0 aliphatic carbocycles. The minimum Gasteiger partial charge on any atom is -0.396 e. The van der Waals surface area contributed by atoms with E-state index in [0.717, 1.165) is 24.9 Å². The predicted octanol–water partition coefficient (Wildman–Crippen LogP) is 3.21. The molecule has 0 radical (unpaired) electrons. The molecular weight excluding hydrogens is 319 g/mol. The van der Waals surface area contributed by atoms with Gasteiger partial charge in [0, 0.05) is 18.8 Å². The van der Waals surface area contributed by atoms with E-state index in [1.807, 2.05) is 30.3 Å². The summed E-state index contributed by atoms with van der Waals surface area (Å²) in [7, 11) is 0. The number of carbonyl (C=O) groups is 1. The lowest BCUT2D eigenvalue weighted by Crippen LogP contribution is -2.44. The minimum atomic E-state index is -0.430. The molecule has 0 spiro atoms. The number of piperidine rings is 1. The van der Waals surface area contributed by atoms with E-state index >= 15 is 0 Å². The molecule has 1 amide bonds. The molecule has 1 heterocycles. The fourth-order valence-electron chi connectivity index (χ4n) is 3.39. The van der Waals surface area contributed by atoms with Crippen LogP contribution in [-0.2, 0) is 4.79 Å². The number of aliphatic hydroxyl groups is 1. The third kappa shape index (κ3) is 4.44. The van der Waals surface area contributed by atoms with Crippen LogP contribution in [0.25, 0.3) is 0 Å². The number of hydrogen-bond donors (Lipinski definition) is 2. The van der Waals surface area contributed by atoms with Crippen molar-refractivity contribution in [1.29, 1.82) is 0 Å². The summed E-state index contributed by atoms with van der Waals surface area (Å²) in [5.74, 6) is -0.283. The lowest BCUT2D eigenvalue weighted by molar-refractivity contribution is -0.122. The maximum absolute atomic E-state index is 13.1. The van der Waals surface area contributed by atoms with Gasteiger partial charge in [-0.3, -0.25) is 9.69 Å². The topological polar surface area (TPSA) is 52.6 Å². The average Bonchev–Trinajstić information content (AvgIpc) is 2.65. The lowest BCUT2D eigenvalue weighted by atomic mass is 9.95. The molecule has 2 aromatic carbocycles. The van der Waals surface area contributed by atoms with Crippen LogP contribution in [-0.4, -0.2) is 35.6 Å². The summed E-state index contributed by atoms with van der Waals surface area (Å²) in [6.45, 7) is 1.64. The van der Waals surface area contributed by atoms with Crippen LogP contribution in [0.15, 0.2) is 54.6 Å². The Hall–Kier alpha value is -2.24. The van der Waals surface area contributed by atoms with Gasteiger partial charge in [-0.25, -0.2) is 4.39 Å². The van der Waals surface area contributed by atoms with Gasteiger partial charge in [-0.1, -0.05) is 30.3 Å². The van der Waals surface area contributed by atoms with Gasteiger partial charge in [0.15, 0.2) is 0 Å². The van der Waals surface area contributed by atoms with Gasteiger partial charge in [-0.15, -0.1) is 0 Å².